The van der Waals surface area contributed by atoms with E-state index in [0.717, 1.165) is 6.54 Å². The normalized spacial score (nSPS) is 34.2. The topological polar surface area (TPSA) is 29.3 Å². The predicted molar refractivity (Wildman–Crippen MR) is 31.4 cm³/mol. The summed E-state index contributed by atoms with van der Waals surface area (Å²) in [7, 11) is 1.39. The molecule has 2 atom stereocenters. The number of rotatable bonds is 1. The van der Waals surface area contributed by atoms with Gasteiger partial charge in [0.2, 0.25) is 0 Å². The van der Waals surface area contributed by atoms with Gasteiger partial charge < -0.3 is 4.74 Å². The number of halogens is 1. The molecule has 0 aromatic rings. The third kappa shape index (κ3) is 1.00. The highest BCUT2D eigenvalue weighted by atomic mass is 79.9. The van der Waals surface area contributed by atoms with Crippen LogP contribution in [-0.2, 0) is 9.53 Å². The van der Waals surface area contributed by atoms with E-state index < -0.39 is 0 Å². The van der Waals surface area contributed by atoms with Crippen molar-refractivity contribution in [2.75, 3.05) is 13.7 Å². The van der Waals surface area contributed by atoms with Gasteiger partial charge in [0, 0.05) is 22.7 Å². The molecule has 1 rings (SSSR count). The van der Waals surface area contributed by atoms with Crippen LogP contribution in [0.15, 0.2) is 0 Å². The highest BCUT2D eigenvalue weighted by Gasteiger charge is 2.39. The summed E-state index contributed by atoms with van der Waals surface area (Å²) >= 11 is 3.12. The molecule has 46 valence electrons. The van der Waals surface area contributed by atoms with Crippen LogP contribution in [0.4, 0.5) is 0 Å². The third-order valence-electron chi connectivity index (χ3n) is 1.03. The van der Waals surface area contributed by atoms with Crippen molar-refractivity contribution in [1.82, 2.24) is 3.93 Å². The van der Waals surface area contributed by atoms with Gasteiger partial charge in [0.1, 0.15) is 6.04 Å². The number of nitrogens with zero attached hydrogens (tertiary/aromatic N) is 1. The van der Waals surface area contributed by atoms with Crippen molar-refractivity contribution in [3.63, 3.8) is 0 Å². The summed E-state index contributed by atoms with van der Waals surface area (Å²) in [6, 6.07) is -0.0278. The predicted octanol–water partition coefficient (Wildman–Crippen LogP) is 0.153. The van der Waals surface area contributed by atoms with Gasteiger partial charge in [-0.3, -0.25) is 4.79 Å². The molecule has 4 heteroatoms. The molecule has 0 bridgehead atoms. The third-order valence-corrected chi connectivity index (χ3v) is 1.81. The Morgan fingerprint density at radius 3 is 2.62 bits per heavy atom. The fourth-order valence-electron chi connectivity index (χ4n) is 0.443. The van der Waals surface area contributed by atoms with Crippen molar-refractivity contribution in [3.05, 3.63) is 0 Å². The Morgan fingerprint density at radius 1 is 2.00 bits per heavy atom. The first-order valence-corrected chi connectivity index (χ1v) is 2.97. The van der Waals surface area contributed by atoms with Gasteiger partial charge in [0.25, 0.3) is 0 Å². The first kappa shape index (κ1) is 6.04. The molecule has 0 N–H and O–H groups in total. The molecule has 1 unspecified atom stereocenters. The maximum Gasteiger partial charge on any atom is 0.325 e. The zero-order valence-electron chi connectivity index (χ0n) is 4.43. The van der Waals surface area contributed by atoms with Crippen LogP contribution in [0.3, 0.4) is 0 Å². The summed E-state index contributed by atoms with van der Waals surface area (Å²) in [5.74, 6) is -0.165. The lowest BCUT2D eigenvalue weighted by molar-refractivity contribution is -0.140. The minimum Gasteiger partial charge on any atom is -0.468 e. The maximum absolute atomic E-state index is 10.5. The molecule has 8 heavy (non-hydrogen) atoms. The molecule has 0 radical (unpaired) electrons. The zero-order chi connectivity index (χ0) is 6.15. The molecular weight excluding hydrogens is 174 g/mol. The van der Waals surface area contributed by atoms with E-state index in [1.807, 2.05) is 0 Å². The molecule has 1 saturated heterocycles. The summed E-state index contributed by atoms with van der Waals surface area (Å²) < 4.78 is 6.17. The van der Waals surface area contributed by atoms with Crippen LogP contribution in [0, 0.1) is 0 Å². The summed E-state index contributed by atoms with van der Waals surface area (Å²) in [4.78, 5) is 10.5. The van der Waals surface area contributed by atoms with Gasteiger partial charge >= 0.3 is 5.97 Å². The first-order valence-electron chi connectivity index (χ1n) is 2.26. The van der Waals surface area contributed by atoms with Crippen molar-refractivity contribution in [1.29, 1.82) is 0 Å². The van der Waals surface area contributed by atoms with Crippen LogP contribution in [0.2, 0.25) is 0 Å². The van der Waals surface area contributed by atoms with E-state index in [-0.39, 0.29) is 12.0 Å². The molecular formula is C4H6BrNO2. The lowest BCUT2D eigenvalue weighted by Gasteiger charge is -1.91. The van der Waals surface area contributed by atoms with Crippen LogP contribution < -0.4 is 0 Å². The lowest BCUT2D eigenvalue weighted by Crippen LogP contribution is -2.10. The molecule has 0 aromatic carbocycles. The van der Waals surface area contributed by atoms with E-state index in [9.17, 15) is 4.79 Å². The molecule has 0 aliphatic carbocycles. The molecule has 3 nitrogen and oxygen atoms in total. The van der Waals surface area contributed by atoms with E-state index in [1.54, 1.807) is 3.93 Å². The number of carbonyl (C=O) groups excluding carboxylic acids is 1. The molecule has 1 fully saturated rings. The van der Waals surface area contributed by atoms with E-state index in [0.29, 0.717) is 0 Å². The smallest absolute Gasteiger partial charge is 0.325 e. The van der Waals surface area contributed by atoms with Crippen LogP contribution in [0.25, 0.3) is 0 Å². The van der Waals surface area contributed by atoms with Crippen molar-refractivity contribution >= 4 is 22.1 Å². The standard InChI is InChI=1S/C4H6BrNO2/c1-8-4(7)3-2-6(3)5/h3H,2H2,1H3/t3-,6?/m0/s1. The Morgan fingerprint density at radius 2 is 2.50 bits per heavy atom. The Bertz CT molecular complexity index is 117. The fraction of sp³-hybridized carbons (Fsp3) is 0.750. The Kier molecular flexibility index (Phi) is 1.53. The monoisotopic (exact) mass is 179 g/mol. The first-order chi connectivity index (χ1) is 3.75. The van der Waals surface area contributed by atoms with Gasteiger partial charge in [-0.15, -0.1) is 0 Å². The molecule has 0 amide bonds. The van der Waals surface area contributed by atoms with Gasteiger partial charge in [0.15, 0.2) is 0 Å². The van der Waals surface area contributed by atoms with Gasteiger partial charge in [-0.25, -0.2) is 3.93 Å². The van der Waals surface area contributed by atoms with Gasteiger partial charge in [-0.1, -0.05) is 0 Å². The van der Waals surface area contributed by atoms with Gasteiger partial charge in [-0.2, -0.15) is 0 Å². The van der Waals surface area contributed by atoms with Crippen molar-refractivity contribution in [2.24, 2.45) is 0 Å². The van der Waals surface area contributed by atoms with Gasteiger partial charge in [-0.05, 0) is 0 Å². The van der Waals surface area contributed by atoms with Crippen LogP contribution in [-0.4, -0.2) is 29.6 Å². The number of ether oxygens (including phenoxy) is 1. The summed E-state index contributed by atoms with van der Waals surface area (Å²) in [5, 5.41) is 0. The second-order valence-electron chi connectivity index (χ2n) is 1.62. The second-order valence-corrected chi connectivity index (χ2v) is 2.53. The minimum absolute atomic E-state index is 0.0278. The Labute approximate surface area is 55.9 Å². The van der Waals surface area contributed by atoms with Crippen molar-refractivity contribution in [3.8, 4) is 0 Å². The molecule has 1 aliphatic rings. The number of hydrogen-bond acceptors (Lipinski definition) is 3. The minimum atomic E-state index is -0.165. The summed E-state index contributed by atoms with van der Waals surface area (Å²) in [6.07, 6.45) is 0. The quantitative estimate of drug-likeness (QED) is 0.327. The van der Waals surface area contributed by atoms with Crippen LogP contribution >= 0.6 is 16.1 Å². The van der Waals surface area contributed by atoms with Crippen molar-refractivity contribution in [2.45, 2.75) is 6.04 Å². The zero-order valence-corrected chi connectivity index (χ0v) is 6.01. The van der Waals surface area contributed by atoms with Crippen LogP contribution in [0.1, 0.15) is 0 Å². The molecule has 0 aromatic heterocycles. The maximum atomic E-state index is 10.5. The SMILES string of the molecule is COC(=O)[C@@H]1CN1Br. The van der Waals surface area contributed by atoms with E-state index in [1.165, 1.54) is 7.11 Å². The number of methoxy groups -OCH3 is 1. The molecule has 0 saturated carbocycles. The number of hydrogen-bond donors (Lipinski definition) is 0. The number of esters is 1. The largest absolute Gasteiger partial charge is 0.468 e. The van der Waals surface area contributed by atoms with E-state index >= 15 is 0 Å². The second kappa shape index (κ2) is 2.03. The summed E-state index contributed by atoms with van der Waals surface area (Å²) in [5.41, 5.74) is 0. The van der Waals surface area contributed by atoms with E-state index in [2.05, 4.69) is 20.9 Å². The highest BCUT2D eigenvalue weighted by molar-refractivity contribution is 9.07. The highest BCUT2D eigenvalue weighted by Crippen LogP contribution is 2.22. The van der Waals surface area contributed by atoms with E-state index in [4.69, 9.17) is 0 Å². The Balaban J connectivity index is 2.28. The fourth-order valence-corrected chi connectivity index (χ4v) is 0.884. The number of carbonyl (C=O) groups is 1. The lowest BCUT2D eigenvalue weighted by atomic mass is 10.5. The summed E-state index contributed by atoms with van der Waals surface area (Å²) in [6.45, 7) is 0.771. The molecule has 1 heterocycles. The average molecular weight is 180 g/mol. The van der Waals surface area contributed by atoms with Crippen LogP contribution in [0.5, 0.6) is 0 Å². The molecule has 0 spiro atoms. The van der Waals surface area contributed by atoms with Gasteiger partial charge in [0.05, 0.1) is 7.11 Å². The average Bonchev–Trinajstić information content (AvgIpc) is 2.45. The Hall–Kier alpha value is -0.0900. The molecule has 1 aliphatic heterocycles. The van der Waals surface area contributed by atoms with Crippen molar-refractivity contribution < 1.29 is 9.53 Å².